The summed E-state index contributed by atoms with van der Waals surface area (Å²) < 4.78 is 18.9. The van der Waals surface area contributed by atoms with E-state index in [1.807, 2.05) is 24.3 Å². The topological polar surface area (TPSA) is 94.7 Å². The molecule has 2 N–H and O–H groups in total. The van der Waals surface area contributed by atoms with Crippen LogP contribution in [0.2, 0.25) is 0 Å². The van der Waals surface area contributed by atoms with Crippen LogP contribution in [0.15, 0.2) is 72.8 Å². The van der Waals surface area contributed by atoms with E-state index in [0.717, 1.165) is 27.1 Å². The van der Waals surface area contributed by atoms with Crippen molar-refractivity contribution in [3.8, 4) is 0 Å². The molecular weight excluding hydrogens is 499 g/mol. The van der Waals surface area contributed by atoms with Gasteiger partial charge in [0.2, 0.25) is 0 Å². The highest BCUT2D eigenvalue weighted by atomic mass is 19.1. The number of nitrogens with zero attached hydrogens (tertiary/aromatic N) is 2. The molecule has 0 saturated carbocycles. The van der Waals surface area contributed by atoms with Crippen molar-refractivity contribution in [1.29, 1.82) is 0 Å². The van der Waals surface area contributed by atoms with Gasteiger partial charge in [-0.25, -0.2) is 14.1 Å². The maximum atomic E-state index is 14.1. The number of H-pyrrole nitrogens is 1. The summed E-state index contributed by atoms with van der Waals surface area (Å²) in [5.41, 5.74) is 3.81. The molecule has 3 aromatic carbocycles. The Bertz CT molecular complexity index is 1580. The van der Waals surface area contributed by atoms with Crippen LogP contribution in [-0.2, 0) is 16.0 Å². The number of ether oxygens (including phenoxy) is 1. The fourth-order valence-corrected chi connectivity index (χ4v) is 5.66. The molecule has 4 aromatic rings. The third-order valence-corrected chi connectivity index (χ3v) is 7.44. The fraction of sp³-hybridized carbons (Fsp3) is 0.233. The molecule has 39 heavy (non-hydrogen) atoms. The molecule has 2 atom stereocenters. The molecule has 1 saturated heterocycles. The summed E-state index contributed by atoms with van der Waals surface area (Å²) in [7, 11) is 1.59. The number of rotatable bonds is 7. The van der Waals surface area contributed by atoms with Gasteiger partial charge < -0.3 is 15.0 Å². The number of fused-ring (bicyclic) bond motifs is 4. The average molecular weight is 527 g/mol. The van der Waals surface area contributed by atoms with E-state index < -0.39 is 24.0 Å². The Morgan fingerprint density at radius 2 is 1.79 bits per heavy atom. The minimum atomic E-state index is -0.780. The normalized spacial score (nSPS) is 18.4. The summed E-state index contributed by atoms with van der Waals surface area (Å²) >= 11 is 0. The number of imide groups is 1. The van der Waals surface area contributed by atoms with Crippen molar-refractivity contribution in [3.63, 3.8) is 0 Å². The molecule has 0 unspecified atom stereocenters. The van der Waals surface area contributed by atoms with Crippen molar-refractivity contribution in [3.05, 3.63) is 101 Å². The van der Waals surface area contributed by atoms with Crippen LogP contribution in [0, 0.1) is 5.82 Å². The number of hydrogen-bond donors (Lipinski definition) is 2. The highest BCUT2D eigenvalue weighted by Crippen LogP contribution is 2.45. The maximum absolute atomic E-state index is 14.1. The molecule has 1 aromatic heterocycles. The number of amides is 4. The first-order valence-corrected chi connectivity index (χ1v) is 12.9. The van der Waals surface area contributed by atoms with Gasteiger partial charge in [0.1, 0.15) is 17.9 Å². The van der Waals surface area contributed by atoms with E-state index in [-0.39, 0.29) is 23.0 Å². The number of carbonyl (C=O) groups excluding carboxylic acids is 3. The Morgan fingerprint density at radius 3 is 2.59 bits per heavy atom. The molecule has 1 fully saturated rings. The Labute approximate surface area is 224 Å². The van der Waals surface area contributed by atoms with Crippen molar-refractivity contribution in [2.45, 2.75) is 24.9 Å². The van der Waals surface area contributed by atoms with E-state index in [1.54, 1.807) is 48.4 Å². The van der Waals surface area contributed by atoms with E-state index in [4.69, 9.17) is 4.74 Å². The van der Waals surface area contributed by atoms with Gasteiger partial charge in [-0.2, -0.15) is 0 Å². The van der Waals surface area contributed by atoms with E-state index in [9.17, 15) is 18.8 Å². The van der Waals surface area contributed by atoms with Crippen LogP contribution in [0.3, 0.4) is 0 Å². The van der Waals surface area contributed by atoms with Gasteiger partial charge in [0.15, 0.2) is 0 Å². The zero-order chi connectivity index (χ0) is 27.1. The fourth-order valence-electron chi connectivity index (χ4n) is 5.66. The second kappa shape index (κ2) is 9.99. The van der Waals surface area contributed by atoms with Crippen molar-refractivity contribution >= 4 is 34.4 Å². The maximum Gasteiger partial charge on any atom is 0.332 e. The highest BCUT2D eigenvalue weighted by molar-refractivity contribution is 6.24. The molecule has 0 aliphatic carbocycles. The lowest BCUT2D eigenvalue weighted by Crippen LogP contribution is -2.44. The third-order valence-electron chi connectivity index (χ3n) is 7.44. The lowest BCUT2D eigenvalue weighted by atomic mass is 9.89. The number of hydrogen-bond acceptors (Lipinski definition) is 4. The predicted octanol–water partition coefficient (Wildman–Crippen LogP) is 4.56. The standard InChI is InChI=1S/C30H27FN4O4/c1-39-16-6-15-32-28(36)21-8-3-5-10-24(21)35-29(37)25-17-22-20-7-2-4-9-23(20)33-26(22)27(34(25)30(35)38)18-11-13-19(31)14-12-18/h2-5,7-14,25,27,33H,6,15-17H2,1H3,(H,32,36)/t25-,27+/m0/s1. The Balaban J connectivity index is 1.42. The van der Waals surface area contributed by atoms with Gasteiger partial charge in [-0.15, -0.1) is 0 Å². The quantitative estimate of drug-likeness (QED) is 0.273. The van der Waals surface area contributed by atoms with Crippen LogP contribution in [0.5, 0.6) is 0 Å². The van der Waals surface area contributed by atoms with Crippen molar-refractivity contribution in [2.24, 2.45) is 0 Å². The Kier molecular flexibility index (Phi) is 6.36. The second-order valence-corrected chi connectivity index (χ2v) is 9.72. The minimum absolute atomic E-state index is 0.234. The highest BCUT2D eigenvalue weighted by Gasteiger charge is 2.53. The lowest BCUT2D eigenvalue weighted by Gasteiger charge is -2.36. The van der Waals surface area contributed by atoms with Crippen LogP contribution < -0.4 is 10.2 Å². The van der Waals surface area contributed by atoms with Gasteiger partial charge in [0, 0.05) is 43.3 Å². The zero-order valence-corrected chi connectivity index (χ0v) is 21.3. The number of aromatic amines is 1. The van der Waals surface area contributed by atoms with Gasteiger partial charge in [-0.1, -0.05) is 42.5 Å². The van der Waals surface area contributed by atoms with Gasteiger partial charge in [-0.3, -0.25) is 14.5 Å². The summed E-state index contributed by atoms with van der Waals surface area (Å²) in [6.45, 7) is 0.896. The summed E-state index contributed by atoms with van der Waals surface area (Å²) in [5, 5.41) is 3.82. The van der Waals surface area contributed by atoms with Gasteiger partial charge in [0.25, 0.3) is 11.8 Å². The van der Waals surface area contributed by atoms with Gasteiger partial charge in [-0.05, 0) is 47.9 Å². The second-order valence-electron chi connectivity index (χ2n) is 9.72. The number of methoxy groups -OCH3 is 1. The van der Waals surface area contributed by atoms with E-state index in [2.05, 4.69) is 10.3 Å². The molecule has 3 heterocycles. The molecule has 0 spiro atoms. The zero-order valence-electron chi connectivity index (χ0n) is 21.3. The predicted molar refractivity (Wildman–Crippen MR) is 144 cm³/mol. The number of aromatic nitrogens is 1. The number of para-hydroxylation sites is 2. The molecule has 4 amide bonds. The number of urea groups is 1. The summed E-state index contributed by atoms with van der Waals surface area (Å²) in [6.07, 6.45) is 0.955. The average Bonchev–Trinajstić information content (AvgIpc) is 3.44. The van der Waals surface area contributed by atoms with E-state index >= 15 is 0 Å². The van der Waals surface area contributed by atoms with E-state index in [1.165, 1.54) is 12.1 Å². The minimum Gasteiger partial charge on any atom is -0.385 e. The molecule has 9 heteroatoms. The number of halogens is 1. The Hall–Kier alpha value is -4.50. The van der Waals surface area contributed by atoms with Crippen molar-refractivity contribution in [2.75, 3.05) is 25.2 Å². The Morgan fingerprint density at radius 1 is 1.05 bits per heavy atom. The first-order chi connectivity index (χ1) is 19.0. The van der Waals surface area contributed by atoms with Crippen molar-refractivity contribution < 1.29 is 23.5 Å². The molecular formula is C30H27FN4O4. The summed E-state index contributed by atoms with van der Waals surface area (Å²) in [6, 6.07) is 18.5. The smallest absolute Gasteiger partial charge is 0.332 e. The van der Waals surface area contributed by atoms with Gasteiger partial charge >= 0.3 is 6.03 Å². The molecule has 198 valence electrons. The van der Waals surface area contributed by atoms with Crippen LogP contribution in [0.4, 0.5) is 14.9 Å². The van der Waals surface area contributed by atoms with Crippen LogP contribution in [-0.4, -0.2) is 54.0 Å². The largest absolute Gasteiger partial charge is 0.385 e. The number of nitrogens with one attached hydrogen (secondary N) is 2. The van der Waals surface area contributed by atoms with E-state index in [0.29, 0.717) is 31.6 Å². The monoisotopic (exact) mass is 526 g/mol. The number of benzene rings is 3. The van der Waals surface area contributed by atoms with Crippen LogP contribution in [0.25, 0.3) is 10.9 Å². The van der Waals surface area contributed by atoms with Crippen LogP contribution in [0.1, 0.15) is 39.6 Å². The molecule has 0 radical (unpaired) electrons. The molecule has 2 aliphatic heterocycles. The first-order valence-electron chi connectivity index (χ1n) is 12.9. The third kappa shape index (κ3) is 4.15. The summed E-state index contributed by atoms with van der Waals surface area (Å²) in [5.74, 6) is -1.17. The molecule has 2 aliphatic rings. The summed E-state index contributed by atoms with van der Waals surface area (Å²) in [4.78, 5) is 47.2. The molecule has 6 rings (SSSR count). The number of anilines is 1. The van der Waals surface area contributed by atoms with Crippen LogP contribution >= 0.6 is 0 Å². The van der Waals surface area contributed by atoms with Crippen molar-refractivity contribution in [1.82, 2.24) is 15.2 Å². The molecule has 8 nitrogen and oxygen atoms in total. The SMILES string of the molecule is COCCCNC(=O)c1ccccc1N1C(=O)[C@@H]2Cc3c([nH]c4ccccc34)[C@@H](c3ccc(F)cc3)N2C1=O. The lowest BCUT2D eigenvalue weighted by molar-refractivity contribution is -0.120. The first kappa shape index (κ1) is 24.8. The van der Waals surface area contributed by atoms with Gasteiger partial charge in [0.05, 0.1) is 11.3 Å². The molecule has 0 bridgehead atoms. The number of carbonyl (C=O) groups is 3.